The van der Waals surface area contributed by atoms with Crippen molar-refractivity contribution in [3.8, 4) is 17.1 Å². The Morgan fingerprint density at radius 2 is 2.14 bits per heavy atom. The number of rotatable bonds is 6. The second kappa shape index (κ2) is 6.93. The highest BCUT2D eigenvalue weighted by atomic mass is 16.5. The molecule has 0 fully saturated rings. The summed E-state index contributed by atoms with van der Waals surface area (Å²) in [5.41, 5.74) is 7.00. The van der Waals surface area contributed by atoms with Crippen LogP contribution in [0.25, 0.3) is 11.3 Å². The smallest absolute Gasteiger partial charge is 0.259 e. The summed E-state index contributed by atoms with van der Waals surface area (Å²) in [6.07, 6.45) is 3.24. The standard InChI is InChI=1S/C15H20N4O3/c1-4-10(5-2)18-15(20)12-13(19-22-14(12)16)9-6-7-11(21-3)17-8-9/h6-8,10H,4-5,16H2,1-3H3,(H,18,20). The first-order chi connectivity index (χ1) is 10.6. The number of hydrogen-bond donors (Lipinski definition) is 2. The molecule has 2 rings (SSSR count). The Hall–Kier alpha value is -2.57. The number of methoxy groups -OCH3 is 1. The van der Waals surface area contributed by atoms with Crippen LogP contribution in [0.4, 0.5) is 5.88 Å². The van der Waals surface area contributed by atoms with Crippen LogP contribution in [-0.2, 0) is 0 Å². The number of hydrogen-bond acceptors (Lipinski definition) is 6. The molecule has 7 heteroatoms. The zero-order valence-corrected chi connectivity index (χ0v) is 12.9. The molecule has 2 aromatic heterocycles. The Labute approximate surface area is 128 Å². The molecule has 0 aliphatic rings. The van der Waals surface area contributed by atoms with Crippen molar-refractivity contribution in [2.45, 2.75) is 32.7 Å². The molecule has 0 aliphatic carbocycles. The van der Waals surface area contributed by atoms with Crippen LogP contribution >= 0.6 is 0 Å². The Morgan fingerprint density at radius 1 is 1.41 bits per heavy atom. The van der Waals surface area contributed by atoms with E-state index in [1.165, 1.54) is 7.11 Å². The van der Waals surface area contributed by atoms with Gasteiger partial charge in [-0.1, -0.05) is 19.0 Å². The van der Waals surface area contributed by atoms with Crippen LogP contribution in [0, 0.1) is 0 Å². The molecular weight excluding hydrogens is 284 g/mol. The van der Waals surface area contributed by atoms with Crippen molar-refractivity contribution in [3.05, 3.63) is 23.9 Å². The van der Waals surface area contributed by atoms with Crippen LogP contribution in [-0.4, -0.2) is 29.2 Å². The van der Waals surface area contributed by atoms with Crippen LogP contribution < -0.4 is 15.8 Å². The van der Waals surface area contributed by atoms with E-state index in [4.69, 9.17) is 15.0 Å². The van der Waals surface area contributed by atoms with Gasteiger partial charge in [-0.3, -0.25) is 4.79 Å². The van der Waals surface area contributed by atoms with Crippen molar-refractivity contribution in [3.63, 3.8) is 0 Å². The number of nitrogen functional groups attached to an aromatic ring is 1. The summed E-state index contributed by atoms with van der Waals surface area (Å²) < 4.78 is 10.00. The molecule has 1 amide bonds. The number of anilines is 1. The van der Waals surface area contributed by atoms with Gasteiger partial charge in [-0.15, -0.1) is 0 Å². The highest BCUT2D eigenvalue weighted by Crippen LogP contribution is 2.27. The van der Waals surface area contributed by atoms with E-state index >= 15 is 0 Å². The second-order valence-electron chi connectivity index (χ2n) is 4.85. The molecule has 0 aliphatic heterocycles. The summed E-state index contributed by atoms with van der Waals surface area (Å²) in [6.45, 7) is 4.03. The molecule has 0 atom stereocenters. The van der Waals surface area contributed by atoms with E-state index in [2.05, 4.69) is 15.5 Å². The monoisotopic (exact) mass is 304 g/mol. The van der Waals surface area contributed by atoms with Crippen LogP contribution in [0.2, 0.25) is 0 Å². The maximum Gasteiger partial charge on any atom is 0.259 e. The molecule has 0 saturated carbocycles. The van der Waals surface area contributed by atoms with Gasteiger partial charge in [0.25, 0.3) is 5.91 Å². The van der Waals surface area contributed by atoms with Gasteiger partial charge < -0.3 is 20.3 Å². The Balaban J connectivity index is 2.32. The Bertz CT molecular complexity index is 633. The lowest BCUT2D eigenvalue weighted by molar-refractivity contribution is 0.0936. The summed E-state index contributed by atoms with van der Waals surface area (Å²) in [5.74, 6) is 0.177. The summed E-state index contributed by atoms with van der Waals surface area (Å²) in [6, 6.07) is 3.52. The van der Waals surface area contributed by atoms with Crippen LogP contribution in [0.1, 0.15) is 37.0 Å². The molecule has 0 bridgehead atoms. The minimum atomic E-state index is -0.293. The fourth-order valence-corrected chi connectivity index (χ4v) is 2.11. The molecule has 2 aromatic rings. The number of aromatic nitrogens is 2. The number of ether oxygens (including phenoxy) is 1. The summed E-state index contributed by atoms with van der Waals surface area (Å²) in [5, 5.41) is 6.81. The molecule has 0 radical (unpaired) electrons. The third-order valence-corrected chi connectivity index (χ3v) is 3.49. The molecule has 2 heterocycles. The molecule has 118 valence electrons. The van der Waals surface area contributed by atoms with Crippen molar-refractivity contribution < 1.29 is 14.1 Å². The largest absolute Gasteiger partial charge is 0.481 e. The lowest BCUT2D eigenvalue weighted by atomic mass is 10.1. The minimum absolute atomic E-state index is 0.00530. The molecule has 0 unspecified atom stereocenters. The topological polar surface area (TPSA) is 103 Å². The number of pyridine rings is 1. The van der Waals surface area contributed by atoms with Crippen molar-refractivity contribution in [1.82, 2.24) is 15.5 Å². The van der Waals surface area contributed by atoms with E-state index in [1.807, 2.05) is 13.8 Å². The summed E-state index contributed by atoms with van der Waals surface area (Å²) >= 11 is 0. The molecule has 0 spiro atoms. The van der Waals surface area contributed by atoms with E-state index in [0.29, 0.717) is 17.1 Å². The van der Waals surface area contributed by atoms with E-state index in [9.17, 15) is 4.79 Å². The minimum Gasteiger partial charge on any atom is -0.481 e. The van der Waals surface area contributed by atoms with Gasteiger partial charge in [0.15, 0.2) is 0 Å². The van der Waals surface area contributed by atoms with Gasteiger partial charge in [-0.25, -0.2) is 4.98 Å². The molecule has 0 saturated heterocycles. The Kier molecular flexibility index (Phi) is 4.98. The number of carbonyl (C=O) groups is 1. The van der Waals surface area contributed by atoms with Crippen molar-refractivity contribution in [1.29, 1.82) is 0 Å². The van der Waals surface area contributed by atoms with Gasteiger partial charge in [-0.2, -0.15) is 0 Å². The zero-order chi connectivity index (χ0) is 16.1. The molecule has 22 heavy (non-hydrogen) atoms. The predicted octanol–water partition coefficient (Wildman–Crippen LogP) is 2.25. The molecule has 3 N–H and O–H groups in total. The number of amides is 1. The average molecular weight is 304 g/mol. The predicted molar refractivity (Wildman–Crippen MR) is 82.5 cm³/mol. The summed E-state index contributed by atoms with van der Waals surface area (Å²) in [7, 11) is 1.53. The van der Waals surface area contributed by atoms with Gasteiger partial charge in [0.1, 0.15) is 11.3 Å². The fraction of sp³-hybridized carbons (Fsp3) is 0.400. The van der Waals surface area contributed by atoms with Gasteiger partial charge in [0.2, 0.25) is 11.8 Å². The van der Waals surface area contributed by atoms with Crippen molar-refractivity contribution >= 4 is 11.8 Å². The number of carbonyl (C=O) groups excluding carboxylic acids is 1. The first-order valence-electron chi connectivity index (χ1n) is 7.17. The van der Waals surface area contributed by atoms with Gasteiger partial charge in [0.05, 0.1) is 7.11 Å². The van der Waals surface area contributed by atoms with Gasteiger partial charge in [0, 0.05) is 23.9 Å². The first kappa shape index (κ1) is 15.8. The van der Waals surface area contributed by atoms with Crippen LogP contribution in [0.5, 0.6) is 5.88 Å². The van der Waals surface area contributed by atoms with Crippen molar-refractivity contribution in [2.75, 3.05) is 12.8 Å². The summed E-state index contributed by atoms with van der Waals surface area (Å²) in [4.78, 5) is 16.5. The van der Waals surface area contributed by atoms with E-state index < -0.39 is 0 Å². The quantitative estimate of drug-likeness (QED) is 0.848. The molecular formula is C15H20N4O3. The van der Waals surface area contributed by atoms with Gasteiger partial charge >= 0.3 is 0 Å². The second-order valence-corrected chi connectivity index (χ2v) is 4.85. The highest BCUT2D eigenvalue weighted by Gasteiger charge is 2.24. The van der Waals surface area contributed by atoms with E-state index in [-0.39, 0.29) is 23.4 Å². The third-order valence-electron chi connectivity index (χ3n) is 3.49. The van der Waals surface area contributed by atoms with Crippen LogP contribution in [0.3, 0.4) is 0 Å². The normalized spacial score (nSPS) is 10.7. The van der Waals surface area contributed by atoms with Crippen molar-refractivity contribution in [2.24, 2.45) is 0 Å². The first-order valence-corrected chi connectivity index (χ1v) is 7.17. The zero-order valence-electron chi connectivity index (χ0n) is 12.9. The average Bonchev–Trinajstić information content (AvgIpc) is 2.94. The number of nitrogens with two attached hydrogens (primary N) is 1. The lowest BCUT2D eigenvalue weighted by Gasteiger charge is -2.14. The van der Waals surface area contributed by atoms with Crippen LogP contribution in [0.15, 0.2) is 22.9 Å². The number of nitrogens with one attached hydrogen (secondary N) is 1. The fourth-order valence-electron chi connectivity index (χ4n) is 2.11. The maximum atomic E-state index is 12.4. The highest BCUT2D eigenvalue weighted by molar-refractivity contribution is 6.03. The Morgan fingerprint density at radius 3 is 2.68 bits per heavy atom. The third kappa shape index (κ3) is 3.19. The SMILES string of the molecule is CCC(CC)NC(=O)c1c(-c2ccc(OC)nc2)noc1N. The molecule has 0 aromatic carbocycles. The number of nitrogens with zero attached hydrogens (tertiary/aromatic N) is 2. The van der Waals surface area contributed by atoms with Gasteiger partial charge in [-0.05, 0) is 18.9 Å². The maximum absolute atomic E-state index is 12.4. The van der Waals surface area contributed by atoms with E-state index in [1.54, 1.807) is 18.3 Å². The lowest BCUT2D eigenvalue weighted by Crippen LogP contribution is -2.34. The van der Waals surface area contributed by atoms with E-state index in [0.717, 1.165) is 12.8 Å². The molecule has 7 nitrogen and oxygen atoms in total.